The van der Waals surface area contributed by atoms with E-state index >= 15 is 0 Å². The third-order valence-corrected chi connectivity index (χ3v) is 6.00. The second kappa shape index (κ2) is 6.27. The van der Waals surface area contributed by atoms with E-state index in [9.17, 15) is 19.2 Å². The topological polar surface area (TPSA) is 117 Å². The summed E-state index contributed by atoms with van der Waals surface area (Å²) >= 11 is 0. The van der Waals surface area contributed by atoms with Gasteiger partial charge in [0.2, 0.25) is 0 Å². The zero-order valence-electron chi connectivity index (χ0n) is 17.5. The van der Waals surface area contributed by atoms with Gasteiger partial charge in [-0.25, -0.2) is 9.59 Å². The van der Waals surface area contributed by atoms with E-state index in [0.29, 0.717) is 40.5 Å². The van der Waals surface area contributed by atoms with Crippen LogP contribution < -0.4 is 22.5 Å². The normalized spacial score (nSPS) is 12.0. The van der Waals surface area contributed by atoms with E-state index in [0.717, 1.165) is 25.6 Å². The summed E-state index contributed by atoms with van der Waals surface area (Å²) in [6, 6.07) is 5.51. The van der Waals surface area contributed by atoms with Crippen LogP contribution >= 0.6 is 0 Å². The summed E-state index contributed by atoms with van der Waals surface area (Å²) in [6.07, 6.45) is 0. The molecule has 4 aromatic heterocycles. The first-order valence-electron chi connectivity index (χ1n) is 9.98. The molecule has 0 atom stereocenters. The van der Waals surface area contributed by atoms with Gasteiger partial charge in [-0.15, -0.1) is 0 Å². The van der Waals surface area contributed by atoms with Crippen molar-refractivity contribution in [3.8, 4) is 0 Å². The molecule has 5 aromatic rings. The quantitative estimate of drug-likeness (QED) is 0.424. The highest BCUT2D eigenvalue weighted by molar-refractivity contribution is 6.11. The molecule has 0 bridgehead atoms. The zero-order chi connectivity index (χ0) is 22.2. The minimum atomic E-state index is -0.602. The average Bonchev–Trinajstić information content (AvgIpc) is 3.05. The molecular formula is C21H20N6O4. The van der Waals surface area contributed by atoms with Crippen LogP contribution in [0.25, 0.3) is 43.9 Å². The molecular weight excluding hydrogens is 400 g/mol. The van der Waals surface area contributed by atoms with E-state index in [1.54, 1.807) is 6.07 Å². The van der Waals surface area contributed by atoms with E-state index in [4.69, 9.17) is 0 Å². The molecule has 0 amide bonds. The van der Waals surface area contributed by atoms with Gasteiger partial charge in [-0.05, 0) is 32.0 Å². The third-order valence-electron chi connectivity index (χ3n) is 6.00. The van der Waals surface area contributed by atoms with Gasteiger partial charge in [0, 0.05) is 38.0 Å². The largest absolute Gasteiger partial charge is 0.352 e. The molecule has 0 aliphatic carbocycles. The number of H-pyrrole nitrogens is 1. The number of benzene rings is 1. The fourth-order valence-electron chi connectivity index (χ4n) is 4.38. The molecule has 0 spiro atoms. The van der Waals surface area contributed by atoms with Crippen LogP contribution in [-0.4, -0.2) is 28.2 Å². The molecule has 158 valence electrons. The van der Waals surface area contributed by atoms with Crippen molar-refractivity contribution in [2.75, 3.05) is 0 Å². The fourth-order valence-corrected chi connectivity index (χ4v) is 4.38. The molecule has 1 N–H and O–H groups in total. The van der Waals surface area contributed by atoms with Gasteiger partial charge in [0.25, 0.3) is 11.1 Å². The molecule has 0 saturated heterocycles. The molecule has 10 heteroatoms. The van der Waals surface area contributed by atoms with Crippen molar-refractivity contribution in [2.24, 2.45) is 14.1 Å². The third kappa shape index (κ3) is 2.35. The standard InChI is InChI=1S/C21H20N6O4/c1-5-26-13-9-11-14(27(6-2)17-15(11)19(29)25(4)21(31)23-17)8-10(13)7-12-16(26)22-20(30)24(3)18(12)28/h7-9H,5-6H2,1-4H3,(H,22,30). The van der Waals surface area contributed by atoms with Crippen LogP contribution in [0.1, 0.15) is 13.8 Å². The van der Waals surface area contributed by atoms with E-state index in [2.05, 4.69) is 9.97 Å². The SMILES string of the molecule is CCn1c2cc3cc4c(=O)n(C)c(=O)[nH]c4n(CC)c3cc2c2c(=O)n(C)c(=O)nc21. The minimum absolute atomic E-state index is 0.345. The Labute approximate surface area is 173 Å². The lowest BCUT2D eigenvalue weighted by Crippen LogP contribution is -2.33. The highest BCUT2D eigenvalue weighted by Crippen LogP contribution is 2.31. The smallest absolute Gasteiger partial charge is 0.327 e. The summed E-state index contributed by atoms with van der Waals surface area (Å²) in [4.78, 5) is 57.0. The van der Waals surface area contributed by atoms with Crippen LogP contribution in [0.15, 0.2) is 37.4 Å². The Hall–Kier alpha value is -3.95. The molecule has 10 nitrogen and oxygen atoms in total. The van der Waals surface area contributed by atoms with Gasteiger partial charge in [-0.1, -0.05) is 0 Å². The van der Waals surface area contributed by atoms with Gasteiger partial charge < -0.3 is 9.13 Å². The predicted octanol–water partition coefficient (Wildman–Crippen LogP) is 0.783. The van der Waals surface area contributed by atoms with Crippen LogP contribution in [0.5, 0.6) is 0 Å². The summed E-state index contributed by atoms with van der Waals surface area (Å²) in [5.74, 6) is 0. The van der Waals surface area contributed by atoms with Gasteiger partial charge in [-0.3, -0.25) is 23.7 Å². The number of aromatic nitrogens is 6. The fraction of sp³-hybridized carbons (Fsp3) is 0.286. The highest BCUT2D eigenvalue weighted by Gasteiger charge is 2.19. The molecule has 4 heterocycles. The van der Waals surface area contributed by atoms with Gasteiger partial charge in [0.1, 0.15) is 5.65 Å². The zero-order valence-corrected chi connectivity index (χ0v) is 17.5. The number of aryl methyl sites for hydroxylation is 2. The lowest BCUT2D eigenvalue weighted by atomic mass is 10.1. The van der Waals surface area contributed by atoms with Crippen LogP contribution in [0.2, 0.25) is 0 Å². The summed E-state index contributed by atoms with van der Waals surface area (Å²) in [5, 5.41) is 2.22. The van der Waals surface area contributed by atoms with Gasteiger partial charge in [0.15, 0.2) is 5.65 Å². The molecule has 0 unspecified atom stereocenters. The van der Waals surface area contributed by atoms with Gasteiger partial charge >= 0.3 is 11.4 Å². The van der Waals surface area contributed by atoms with Crippen molar-refractivity contribution in [3.05, 3.63) is 59.9 Å². The number of aromatic amines is 1. The number of fused-ring (bicyclic) bond motifs is 5. The Morgan fingerprint density at radius 1 is 0.839 bits per heavy atom. The van der Waals surface area contributed by atoms with E-state index < -0.39 is 16.9 Å². The lowest BCUT2D eigenvalue weighted by molar-refractivity contribution is 0.760. The Morgan fingerprint density at radius 2 is 1.55 bits per heavy atom. The number of hydrogen-bond acceptors (Lipinski definition) is 5. The lowest BCUT2D eigenvalue weighted by Gasteiger charge is -2.14. The average molecular weight is 420 g/mol. The maximum Gasteiger partial charge on any atom is 0.352 e. The Balaban J connectivity index is 2.11. The summed E-state index contributed by atoms with van der Waals surface area (Å²) in [5.41, 5.74) is 0.396. The summed E-state index contributed by atoms with van der Waals surface area (Å²) in [6.45, 7) is 4.84. The highest BCUT2D eigenvalue weighted by atomic mass is 16.2. The summed E-state index contributed by atoms with van der Waals surface area (Å²) in [7, 11) is 2.84. The van der Waals surface area contributed by atoms with Gasteiger partial charge in [0.05, 0.1) is 21.8 Å². The Morgan fingerprint density at radius 3 is 2.23 bits per heavy atom. The Bertz CT molecular complexity index is 1810. The second-order valence-corrected chi connectivity index (χ2v) is 7.57. The molecule has 0 aliphatic heterocycles. The number of pyridine rings is 1. The first-order chi connectivity index (χ1) is 14.8. The predicted molar refractivity (Wildman–Crippen MR) is 119 cm³/mol. The van der Waals surface area contributed by atoms with Crippen molar-refractivity contribution < 1.29 is 0 Å². The molecule has 0 fully saturated rings. The van der Waals surface area contributed by atoms with Crippen LogP contribution in [0.4, 0.5) is 0 Å². The first kappa shape index (κ1) is 19.0. The number of nitrogens with zero attached hydrogens (tertiary/aromatic N) is 5. The summed E-state index contributed by atoms with van der Waals surface area (Å²) < 4.78 is 5.72. The van der Waals surface area contributed by atoms with Crippen LogP contribution in [0, 0.1) is 0 Å². The molecule has 0 radical (unpaired) electrons. The molecule has 5 rings (SSSR count). The molecule has 1 aromatic carbocycles. The van der Waals surface area contributed by atoms with Crippen molar-refractivity contribution in [1.29, 1.82) is 0 Å². The van der Waals surface area contributed by atoms with Gasteiger partial charge in [-0.2, -0.15) is 4.98 Å². The van der Waals surface area contributed by atoms with E-state index in [-0.39, 0.29) is 5.56 Å². The number of rotatable bonds is 2. The van der Waals surface area contributed by atoms with E-state index in [1.165, 1.54) is 14.1 Å². The van der Waals surface area contributed by atoms with Crippen molar-refractivity contribution in [1.82, 2.24) is 28.2 Å². The minimum Gasteiger partial charge on any atom is -0.327 e. The number of hydrogen-bond donors (Lipinski definition) is 1. The van der Waals surface area contributed by atoms with Crippen LogP contribution in [0.3, 0.4) is 0 Å². The second-order valence-electron chi connectivity index (χ2n) is 7.57. The number of nitrogens with one attached hydrogen (secondary N) is 1. The molecule has 31 heavy (non-hydrogen) atoms. The van der Waals surface area contributed by atoms with Crippen molar-refractivity contribution >= 4 is 43.9 Å². The van der Waals surface area contributed by atoms with E-state index in [1.807, 2.05) is 35.1 Å². The van der Waals surface area contributed by atoms with Crippen LogP contribution in [-0.2, 0) is 27.2 Å². The molecule has 0 saturated carbocycles. The monoisotopic (exact) mass is 420 g/mol. The Kier molecular flexibility index (Phi) is 3.85. The maximum atomic E-state index is 12.9. The van der Waals surface area contributed by atoms with Crippen molar-refractivity contribution in [3.63, 3.8) is 0 Å². The molecule has 0 aliphatic rings. The van der Waals surface area contributed by atoms with Crippen molar-refractivity contribution in [2.45, 2.75) is 26.9 Å². The first-order valence-corrected chi connectivity index (χ1v) is 9.98. The maximum absolute atomic E-state index is 12.9.